The number of hydrogen-bond donors (Lipinski definition) is 1. The molecule has 0 aliphatic heterocycles. The van der Waals surface area contributed by atoms with Crippen molar-refractivity contribution in [3.8, 4) is 0 Å². The molecule has 3 amide bonds. The Balaban J connectivity index is 1.48. The van der Waals surface area contributed by atoms with E-state index in [2.05, 4.69) is 5.32 Å². The molecule has 1 aromatic heterocycles. The molecule has 1 aliphatic rings. The second-order valence-corrected chi connectivity index (χ2v) is 9.74. The maximum absolute atomic E-state index is 13.3. The van der Waals surface area contributed by atoms with Crippen LogP contribution in [0.2, 0.25) is 10.0 Å². The van der Waals surface area contributed by atoms with Crippen molar-refractivity contribution >= 4 is 52.2 Å². The Kier molecular flexibility index (Phi) is 7.53. The summed E-state index contributed by atoms with van der Waals surface area (Å²) in [6.07, 6.45) is 1.69. The van der Waals surface area contributed by atoms with E-state index in [-0.39, 0.29) is 30.3 Å². The van der Waals surface area contributed by atoms with Crippen LogP contribution in [0.25, 0.3) is 0 Å². The Hall–Kier alpha value is -2.61. The first-order chi connectivity index (χ1) is 15.9. The quantitative estimate of drug-likeness (QED) is 0.384. The van der Waals surface area contributed by atoms with E-state index < -0.39 is 0 Å². The molecule has 4 rings (SSSR count). The molecular weight excluding hydrogens is 484 g/mol. The molecule has 2 aromatic carbocycles. The average Bonchev–Trinajstić information content (AvgIpc) is 3.50. The molecule has 0 saturated heterocycles. The number of nitrogens with one attached hydrogen (secondary N) is 1. The second kappa shape index (κ2) is 10.5. The van der Waals surface area contributed by atoms with E-state index >= 15 is 0 Å². The van der Waals surface area contributed by atoms with Gasteiger partial charge in [0.2, 0.25) is 5.91 Å². The molecule has 172 valence electrons. The first kappa shape index (κ1) is 23.5. The summed E-state index contributed by atoms with van der Waals surface area (Å²) in [5.74, 6) is -0.510. The van der Waals surface area contributed by atoms with Crippen LogP contribution in [0, 0.1) is 5.82 Å². The molecule has 1 saturated carbocycles. The van der Waals surface area contributed by atoms with E-state index in [1.54, 1.807) is 51.5 Å². The number of urea groups is 1. The van der Waals surface area contributed by atoms with Gasteiger partial charge in [-0.15, -0.1) is 11.3 Å². The lowest BCUT2D eigenvalue weighted by Gasteiger charge is -2.28. The predicted octanol–water partition coefficient (Wildman–Crippen LogP) is 6.42. The fraction of sp³-hybridized carbons (Fsp3) is 0.250. The van der Waals surface area contributed by atoms with Crippen molar-refractivity contribution in [2.24, 2.45) is 0 Å². The zero-order chi connectivity index (χ0) is 23.4. The Morgan fingerprint density at radius 1 is 1.06 bits per heavy atom. The van der Waals surface area contributed by atoms with Crippen LogP contribution in [0.1, 0.15) is 23.3 Å². The first-order valence-corrected chi connectivity index (χ1v) is 12.1. The molecule has 0 atom stereocenters. The van der Waals surface area contributed by atoms with Gasteiger partial charge in [-0.25, -0.2) is 9.18 Å². The summed E-state index contributed by atoms with van der Waals surface area (Å²) in [5, 5.41) is 5.54. The van der Waals surface area contributed by atoms with Crippen molar-refractivity contribution in [2.45, 2.75) is 32.0 Å². The lowest BCUT2D eigenvalue weighted by molar-refractivity contribution is -0.133. The van der Waals surface area contributed by atoms with Crippen molar-refractivity contribution in [3.05, 3.63) is 86.3 Å². The average molecular weight is 506 g/mol. The number of carbonyl (C=O) groups is 2. The number of nitrogens with zero attached hydrogens (tertiary/aromatic N) is 2. The summed E-state index contributed by atoms with van der Waals surface area (Å²) in [7, 11) is 0. The standard InChI is InChI=1S/C24H22Cl2FN3O2S/c25-17-5-10-22(21(26)12-17)28-24(32)30(19-8-9-19)15-23(31)29(14-20-2-1-11-33-20)13-16-3-6-18(27)7-4-16/h1-7,10-12,19H,8-9,13-15H2,(H,28,32). The Morgan fingerprint density at radius 3 is 2.45 bits per heavy atom. The number of thiophene rings is 1. The summed E-state index contributed by atoms with van der Waals surface area (Å²) in [5.41, 5.74) is 1.25. The number of benzene rings is 2. The summed E-state index contributed by atoms with van der Waals surface area (Å²) in [6.45, 7) is 0.672. The SMILES string of the molecule is O=C(CN(C(=O)Nc1ccc(Cl)cc1Cl)C1CC1)N(Cc1ccc(F)cc1)Cc1cccs1. The Bertz CT molecular complexity index is 1120. The molecule has 1 heterocycles. The molecule has 1 N–H and O–H groups in total. The van der Waals surface area contributed by atoms with Crippen LogP contribution in [-0.2, 0) is 17.9 Å². The number of carbonyl (C=O) groups excluding carboxylic acids is 2. The van der Waals surface area contributed by atoms with Crippen LogP contribution in [0.4, 0.5) is 14.9 Å². The third kappa shape index (κ3) is 6.47. The zero-order valence-corrected chi connectivity index (χ0v) is 20.0. The fourth-order valence-electron chi connectivity index (χ4n) is 3.41. The van der Waals surface area contributed by atoms with Crippen molar-refractivity contribution in [2.75, 3.05) is 11.9 Å². The highest BCUT2D eigenvalue weighted by Gasteiger charge is 2.35. The number of anilines is 1. The van der Waals surface area contributed by atoms with Gasteiger partial charge in [-0.05, 0) is 60.2 Å². The van der Waals surface area contributed by atoms with Gasteiger partial charge in [0.05, 0.1) is 17.3 Å². The van der Waals surface area contributed by atoms with Gasteiger partial charge in [0.1, 0.15) is 12.4 Å². The van der Waals surface area contributed by atoms with Crippen LogP contribution in [-0.4, -0.2) is 34.3 Å². The van der Waals surface area contributed by atoms with Gasteiger partial charge in [-0.3, -0.25) is 4.79 Å². The number of hydrogen-bond acceptors (Lipinski definition) is 3. The highest BCUT2D eigenvalue weighted by Crippen LogP contribution is 2.30. The highest BCUT2D eigenvalue weighted by atomic mass is 35.5. The van der Waals surface area contributed by atoms with Gasteiger partial charge in [0.25, 0.3) is 0 Å². The van der Waals surface area contributed by atoms with Crippen molar-refractivity contribution in [1.82, 2.24) is 9.80 Å². The maximum Gasteiger partial charge on any atom is 0.322 e. The van der Waals surface area contributed by atoms with E-state index in [4.69, 9.17) is 23.2 Å². The molecule has 0 spiro atoms. The van der Waals surface area contributed by atoms with Crippen molar-refractivity contribution in [1.29, 1.82) is 0 Å². The number of amides is 3. The monoisotopic (exact) mass is 505 g/mol. The van der Waals surface area contributed by atoms with Crippen LogP contribution >= 0.6 is 34.5 Å². The largest absolute Gasteiger partial charge is 0.332 e. The molecule has 3 aromatic rings. The van der Waals surface area contributed by atoms with Crippen molar-refractivity contribution in [3.63, 3.8) is 0 Å². The fourth-order valence-corrected chi connectivity index (χ4v) is 4.58. The van der Waals surface area contributed by atoms with E-state index in [9.17, 15) is 14.0 Å². The molecule has 1 aliphatic carbocycles. The van der Waals surface area contributed by atoms with Crippen LogP contribution in [0.3, 0.4) is 0 Å². The molecule has 0 unspecified atom stereocenters. The van der Waals surface area contributed by atoms with Gasteiger partial charge >= 0.3 is 6.03 Å². The minimum atomic E-state index is -0.382. The van der Waals surface area contributed by atoms with E-state index in [1.165, 1.54) is 12.1 Å². The maximum atomic E-state index is 13.3. The third-order valence-electron chi connectivity index (χ3n) is 5.29. The summed E-state index contributed by atoms with van der Waals surface area (Å²) in [4.78, 5) is 30.6. The highest BCUT2D eigenvalue weighted by molar-refractivity contribution is 7.09. The lowest BCUT2D eigenvalue weighted by Crippen LogP contribution is -2.45. The normalized spacial score (nSPS) is 12.9. The second-order valence-electron chi connectivity index (χ2n) is 7.87. The summed E-state index contributed by atoms with van der Waals surface area (Å²) in [6, 6.07) is 14.4. The van der Waals surface area contributed by atoms with Crippen LogP contribution in [0.5, 0.6) is 0 Å². The minimum absolute atomic E-state index is 0.00874. The molecular formula is C24H22Cl2FN3O2S. The van der Waals surface area contributed by atoms with Gasteiger partial charge in [0.15, 0.2) is 0 Å². The van der Waals surface area contributed by atoms with Gasteiger partial charge in [-0.2, -0.15) is 0 Å². The topological polar surface area (TPSA) is 52.7 Å². The number of halogens is 3. The van der Waals surface area contributed by atoms with E-state index in [0.717, 1.165) is 23.3 Å². The van der Waals surface area contributed by atoms with E-state index in [1.807, 2.05) is 17.5 Å². The molecule has 5 nitrogen and oxygen atoms in total. The summed E-state index contributed by atoms with van der Waals surface area (Å²) >= 11 is 13.7. The molecule has 33 heavy (non-hydrogen) atoms. The van der Waals surface area contributed by atoms with Gasteiger partial charge in [-0.1, -0.05) is 41.4 Å². The van der Waals surface area contributed by atoms with Crippen molar-refractivity contribution < 1.29 is 14.0 Å². The predicted molar refractivity (Wildman–Crippen MR) is 130 cm³/mol. The minimum Gasteiger partial charge on any atom is -0.332 e. The number of rotatable bonds is 8. The third-order valence-corrected chi connectivity index (χ3v) is 6.70. The first-order valence-electron chi connectivity index (χ1n) is 10.5. The smallest absolute Gasteiger partial charge is 0.322 e. The van der Waals surface area contributed by atoms with Crippen LogP contribution in [0.15, 0.2) is 60.0 Å². The van der Waals surface area contributed by atoms with E-state index in [0.29, 0.717) is 28.8 Å². The van der Waals surface area contributed by atoms with Gasteiger partial charge in [0, 0.05) is 22.5 Å². The zero-order valence-electron chi connectivity index (χ0n) is 17.6. The summed E-state index contributed by atoms with van der Waals surface area (Å²) < 4.78 is 13.3. The Labute approximate surface area is 205 Å². The van der Waals surface area contributed by atoms with Gasteiger partial charge < -0.3 is 15.1 Å². The molecule has 9 heteroatoms. The molecule has 0 bridgehead atoms. The van der Waals surface area contributed by atoms with Crippen LogP contribution < -0.4 is 5.32 Å². The molecule has 1 fully saturated rings. The Morgan fingerprint density at radius 2 is 1.82 bits per heavy atom. The molecule has 0 radical (unpaired) electrons. The lowest BCUT2D eigenvalue weighted by atomic mass is 10.2.